The Labute approximate surface area is 137 Å². The van der Waals surface area contributed by atoms with Crippen LogP contribution < -0.4 is 0 Å². The maximum atomic E-state index is 11.7. The number of rotatable bonds is 5. The number of carbonyl (C=O) groups excluding carboxylic acids is 1. The highest BCUT2D eigenvalue weighted by Crippen LogP contribution is 2.19. The van der Waals surface area contributed by atoms with E-state index in [9.17, 15) is 4.79 Å². The van der Waals surface area contributed by atoms with Crippen molar-refractivity contribution in [3.05, 3.63) is 34.9 Å². The molecule has 22 heavy (non-hydrogen) atoms. The van der Waals surface area contributed by atoms with Gasteiger partial charge in [0.1, 0.15) is 0 Å². The molecule has 3 rings (SSSR count). The lowest BCUT2D eigenvalue weighted by Gasteiger charge is -2.34. The SMILES string of the molecule is O=C1CCCN1CCN1CCOC(Cc2ccccc2Cl)C1. The summed E-state index contributed by atoms with van der Waals surface area (Å²) in [5.74, 6) is 0.306. The molecule has 5 heteroatoms. The molecule has 2 saturated heterocycles. The second-order valence-corrected chi connectivity index (χ2v) is 6.48. The number of halogens is 1. The first kappa shape index (κ1) is 15.8. The smallest absolute Gasteiger partial charge is 0.222 e. The van der Waals surface area contributed by atoms with E-state index in [1.54, 1.807) is 0 Å². The van der Waals surface area contributed by atoms with Crippen molar-refractivity contribution in [1.29, 1.82) is 0 Å². The molecule has 4 nitrogen and oxygen atoms in total. The minimum Gasteiger partial charge on any atom is -0.375 e. The van der Waals surface area contributed by atoms with Gasteiger partial charge in [-0.15, -0.1) is 0 Å². The molecule has 1 amide bonds. The van der Waals surface area contributed by atoms with E-state index in [4.69, 9.17) is 16.3 Å². The molecule has 1 unspecified atom stereocenters. The van der Waals surface area contributed by atoms with Crippen molar-refractivity contribution in [3.63, 3.8) is 0 Å². The lowest BCUT2D eigenvalue weighted by Crippen LogP contribution is -2.46. The van der Waals surface area contributed by atoms with Crippen molar-refractivity contribution < 1.29 is 9.53 Å². The lowest BCUT2D eigenvalue weighted by molar-refractivity contribution is -0.128. The van der Waals surface area contributed by atoms with Gasteiger partial charge in [-0.25, -0.2) is 0 Å². The Bertz CT molecular complexity index is 523. The number of morpholine rings is 1. The van der Waals surface area contributed by atoms with Gasteiger partial charge in [0, 0.05) is 50.6 Å². The monoisotopic (exact) mass is 322 g/mol. The summed E-state index contributed by atoms with van der Waals surface area (Å²) in [6.45, 7) is 5.31. The van der Waals surface area contributed by atoms with E-state index in [1.807, 2.05) is 23.1 Å². The summed E-state index contributed by atoms with van der Waals surface area (Å²) in [4.78, 5) is 16.0. The molecule has 120 valence electrons. The Morgan fingerprint density at radius 1 is 1.23 bits per heavy atom. The minimum atomic E-state index is 0.183. The second kappa shape index (κ2) is 7.44. The maximum absolute atomic E-state index is 11.7. The van der Waals surface area contributed by atoms with E-state index in [-0.39, 0.29) is 6.10 Å². The molecule has 0 radical (unpaired) electrons. The molecule has 1 aromatic carbocycles. The second-order valence-electron chi connectivity index (χ2n) is 6.07. The van der Waals surface area contributed by atoms with Crippen LogP contribution in [0.1, 0.15) is 18.4 Å². The van der Waals surface area contributed by atoms with E-state index in [2.05, 4.69) is 11.0 Å². The van der Waals surface area contributed by atoms with Crippen LogP contribution in [0.2, 0.25) is 5.02 Å². The van der Waals surface area contributed by atoms with Crippen LogP contribution in [0.15, 0.2) is 24.3 Å². The number of benzene rings is 1. The van der Waals surface area contributed by atoms with Gasteiger partial charge in [-0.3, -0.25) is 9.69 Å². The standard InChI is InChI=1S/C17H23ClN2O2/c18-16-5-2-1-4-14(16)12-15-13-19(10-11-22-15)8-9-20-7-3-6-17(20)21/h1-2,4-5,15H,3,6-13H2. The van der Waals surface area contributed by atoms with E-state index in [1.165, 1.54) is 0 Å². The Kier molecular flexibility index (Phi) is 5.34. The van der Waals surface area contributed by atoms with Gasteiger partial charge >= 0.3 is 0 Å². The van der Waals surface area contributed by atoms with Crippen molar-refractivity contribution in [2.24, 2.45) is 0 Å². The Balaban J connectivity index is 1.49. The Hall–Kier alpha value is -1.10. The van der Waals surface area contributed by atoms with Gasteiger partial charge in [-0.1, -0.05) is 29.8 Å². The third kappa shape index (κ3) is 4.00. The van der Waals surface area contributed by atoms with Crippen LogP contribution in [0.4, 0.5) is 0 Å². The topological polar surface area (TPSA) is 32.8 Å². The number of nitrogens with zero attached hydrogens (tertiary/aromatic N) is 2. The van der Waals surface area contributed by atoms with E-state index in [0.717, 1.165) is 69.2 Å². The normalized spacial score (nSPS) is 23.2. The quantitative estimate of drug-likeness (QED) is 0.833. The number of likely N-dealkylation sites (tertiary alicyclic amines) is 1. The van der Waals surface area contributed by atoms with Crippen molar-refractivity contribution in [3.8, 4) is 0 Å². The zero-order chi connectivity index (χ0) is 15.4. The largest absolute Gasteiger partial charge is 0.375 e. The van der Waals surface area contributed by atoms with Crippen LogP contribution >= 0.6 is 11.6 Å². The van der Waals surface area contributed by atoms with Gasteiger partial charge in [0.25, 0.3) is 0 Å². The average molecular weight is 323 g/mol. The highest BCUT2D eigenvalue weighted by atomic mass is 35.5. The zero-order valence-corrected chi connectivity index (χ0v) is 13.6. The molecule has 2 heterocycles. The summed E-state index contributed by atoms with van der Waals surface area (Å²) in [6.07, 6.45) is 2.76. The van der Waals surface area contributed by atoms with Gasteiger partial charge < -0.3 is 9.64 Å². The van der Waals surface area contributed by atoms with E-state index in [0.29, 0.717) is 5.91 Å². The third-order valence-electron chi connectivity index (χ3n) is 4.49. The summed E-state index contributed by atoms with van der Waals surface area (Å²) < 4.78 is 5.88. The predicted molar refractivity (Wildman–Crippen MR) is 87.2 cm³/mol. The average Bonchev–Trinajstić information content (AvgIpc) is 2.93. The first-order chi connectivity index (χ1) is 10.7. The van der Waals surface area contributed by atoms with Gasteiger partial charge in [-0.05, 0) is 18.1 Å². The lowest BCUT2D eigenvalue weighted by atomic mass is 10.1. The molecule has 0 spiro atoms. The maximum Gasteiger partial charge on any atom is 0.222 e. The molecule has 0 aliphatic carbocycles. The van der Waals surface area contributed by atoms with Gasteiger partial charge in [0.2, 0.25) is 5.91 Å². The fourth-order valence-corrected chi connectivity index (χ4v) is 3.43. The third-order valence-corrected chi connectivity index (χ3v) is 4.85. The molecule has 0 N–H and O–H groups in total. The number of hydrogen-bond acceptors (Lipinski definition) is 3. The van der Waals surface area contributed by atoms with Crippen LogP contribution in [0.25, 0.3) is 0 Å². The van der Waals surface area contributed by atoms with Gasteiger partial charge in [-0.2, -0.15) is 0 Å². The summed E-state index contributed by atoms with van der Waals surface area (Å²) in [7, 11) is 0. The van der Waals surface area contributed by atoms with Crippen molar-refractivity contribution in [2.75, 3.05) is 39.3 Å². The molecule has 1 atom stereocenters. The van der Waals surface area contributed by atoms with Crippen molar-refractivity contribution in [1.82, 2.24) is 9.80 Å². The number of ether oxygens (including phenoxy) is 1. The highest BCUT2D eigenvalue weighted by molar-refractivity contribution is 6.31. The van der Waals surface area contributed by atoms with E-state index < -0.39 is 0 Å². The predicted octanol–water partition coefficient (Wildman–Crippen LogP) is 2.21. The van der Waals surface area contributed by atoms with Crippen LogP contribution in [0, 0.1) is 0 Å². The summed E-state index contributed by atoms with van der Waals surface area (Å²) in [5, 5.41) is 0.811. The van der Waals surface area contributed by atoms with Crippen LogP contribution in [0.3, 0.4) is 0 Å². The molecule has 2 aliphatic rings. The Morgan fingerprint density at radius 2 is 2.09 bits per heavy atom. The van der Waals surface area contributed by atoms with Crippen molar-refractivity contribution in [2.45, 2.75) is 25.4 Å². The molecule has 1 aromatic rings. The highest BCUT2D eigenvalue weighted by Gasteiger charge is 2.24. The first-order valence-corrected chi connectivity index (χ1v) is 8.45. The molecule has 0 aromatic heterocycles. The minimum absolute atomic E-state index is 0.183. The molecule has 2 fully saturated rings. The van der Waals surface area contributed by atoms with Crippen LogP contribution in [0.5, 0.6) is 0 Å². The summed E-state index contributed by atoms with van der Waals surface area (Å²) in [5.41, 5.74) is 1.14. The number of hydrogen-bond donors (Lipinski definition) is 0. The summed E-state index contributed by atoms with van der Waals surface area (Å²) >= 11 is 6.23. The number of amides is 1. The fraction of sp³-hybridized carbons (Fsp3) is 0.588. The number of carbonyl (C=O) groups is 1. The van der Waals surface area contributed by atoms with Crippen LogP contribution in [-0.2, 0) is 16.0 Å². The van der Waals surface area contributed by atoms with Gasteiger partial charge in [0.15, 0.2) is 0 Å². The van der Waals surface area contributed by atoms with E-state index >= 15 is 0 Å². The molecular formula is C17H23ClN2O2. The molecular weight excluding hydrogens is 300 g/mol. The first-order valence-electron chi connectivity index (χ1n) is 8.07. The summed E-state index contributed by atoms with van der Waals surface area (Å²) in [6, 6.07) is 7.96. The Morgan fingerprint density at radius 3 is 2.86 bits per heavy atom. The molecule has 0 bridgehead atoms. The van der Waals surface area contributed by atoms with Crippen LogP contribution in [-0.4, -0.2) is 61.1 Å². The zero-order valence-electron chi connectivity index (χ0n) is 12.8. The fourth-order valence-electron chi connectivity index (χ4n) is 3.22. The molecule has 0 saturated carbocycles. The van der Waals surface area contributed by atoms with Crippen molar-refractivity contribution >= 4 is 17.5 Å². The van der Waals surface area contributed by atoms with Gasteiger partial charge in [0.05, 0.1) is 12.7 Å². The molecule has 2 aliphatic heterocycles.